The Morgan fingerprint density at radius 3 is 2.00 bits per heavy atom. The van der Waals surface area contributed by atoms with Crippen LogP contribution in [-0.2, 0) is 0 Å². The van der Waals surface area contributed by atoms with E-state index < -0.39 is 0 Å². The molecule has 2 fully saturated rings. The van der Waals surface area contributed by atoms with Crippen molar-refractivity contribution in [1.29, 1.82) is 0 Å². The number of alkyl halides is 1. The van der Waals surface area contributed by atoms with Crippen LogP contribution in [0.15, 0.2) is 0 Å². The molecule has 124 valence electrons. The molecule has 21 heavy (non-hydrogen) atoms. The zero-order valence-electron chi connectivity index (χ0n) is 15.1. The lowest BCUT2D eigenvalue weighted by Gasteiger charge is -2.44. The Hall–Kier alpha value is 0.290. The molecule has 0 aliphatic heterocycles. The highest BCUT2D eigenvalue weighted by molar-refractivity contribution is 6.20. The molecule has 0 aromatic heterocycles. The second kappa shape index (κ2) is 6.81. The van der Waals surface area contributed by atoms with E-state index in [9.17, 15) is 0 Å². The summed E-state index contributed by atoms with van der Waals surface area (Å²) in [5, 5.41) is 0.456. The molecule has 2 aliphatic carbocycles. The maximum atomic E-state index is 6.29. The predicted molar refractivity (Wildman–Crippen MR) is 94.9 cm³/mol. The fourth-order valence-electron chi connectivity index (χ4n) is 5.01. The van der Waals surface area contributed by atoms with Gasteiger partial charge >= 0.3 is 0 Å². The third-order valence-electron chi connectivity index (χ3n) is 6.58. The van der Waals surface area contributed by atoms with Crippen molar-refractivity contribution in [2.24, 2.45) is 28.6 Å². The van der Waals surface area contributed by atoms with Crippen molar-refractivity contribution >= 4 is 11.6 Å². The van der Waals surface area contributed by atoms with Gasteiger partial charge in [0.1, 0.15) is 0 Å². The molecule has 0 radical (unpaired) electrons. The van der Waals surface area contributed by atoms with Gasteiger partial charge in [0.25, 0.3) is 0 Å². The second-order valence-corrected chi connectivity index (χ2v) is 10.4. The number of halogens is 1. The molecular formula is C20H37Cl. The molecule has 0 heterocycles. The molecule has 2 rings (SSSR count). The van der Waals surface area contributed by atoms with Gasteiger partial charge < -0.3 is 0 Å². The fourth-order valence-corrected chi connectivity index (χ4v) is 5.26. The predicted octanol–water partition coefficient (Wildman–Crippen LogP) is 7.05. The highest BCUT2D eigenvalue weighted by atomic mass is 35.5. The Bertz CT molecular complexity index is 317. The summed E-state index contributed by atoms with van der Waals surface area (Å²) in [5.41, 5.74) is 1.01. The summed E-state index contributed by atoms with van der Waals surface area (Å²) >= 11 is 6.29. The van der Waals surface area contributed by atoms with Crippen LogP contribution in [0.5, 0.6) is 0 Å². The normalized spacial score (nSPS) is 35.7. The van der Waals surface area contributed by atoms with Gasteiger partial charge in [-0.1, -0.05) is 47.5 Å². The van der Waals surface area contributed by atoms with Crippen LogP contribution in [0.3, 0.4) is 0 Å². The average molecular weight is 313 g/mol. The SMILES string of the molecule is CC(C)(C)C1CCCC(CC(C)(C)C2CCC(Cl)CC2)C1. The van der Waals surface area contributed by atoms with Gasteiger partial charge in [-0.25, -0.2) is 0 Å². The molecule has 0 N–H and O–H groups in total. The van der Waals surface area contributed by atoms with Crippen molar-refractivity contribution in [3.8, 4) is 0 Å². The van der Waals surface area contributed by atoms with E-state index >= 15 is 0 Å². The van der Waals surface area contributed by atoms with E-state index in [-0.39, 0.29) is 0 Å². The standard InChI is InChI=1S/C20H37Cl/c1-19(2,3)17-8-6-7-15(13-17)14-20(4,5)16-9-11-18(21)12-10-16/h15-18H,6-14H2,1-5H3. The Kier molecular flexibility index (Phi) is 5.72. The van der Waals surface area contributed by atoms with Crippen LogP contribution in [0, 0.1) is 28.6 Å². The van der Waals surface area contributed by atoms with Crippen LogP contribution in [0.4, 0.5) is 0 Å². The third-order valence-corrected chi connectivity index (χ3v) is 7.02. The average Bonchev–Trinajstić information content (AvgIpc) is 2.38. The first-order chi connectivity index (χ1) is 9.68. The minimum atomic E-state index is 0.456. The first kappa shape index (κ1) is 17.6. The summed E-state index contributed by atoms with van der Waals surface area (Å²) in [5.74, 6) is 2.81. The van der Waals surface area contributed by atoms with Crippen LogP contribution in [-0.4, -0.2) is 5.38 Å². The van der Waals surface area contributed by atoms with E-state index in [1.807, 2.05) is 0 Å². The molecule has 0 spiro atoms. The minimum Gasteiger partial charge on any atom is -0.123 e. The molecule has 0 saturated heterocycles. The van der Waals surface area contributed by atoms with Gasteiger partial charge in [0.2, 0.25) is 0 Å². The number of hydrogen-bond donors (Lipinski definition) is 0. The van der Waals surface area contributed by atoms with E-state index in [4.69, 9.17) is 11.6 Å². The monoisotopic (exact) mass is 312 g/mol. The van der Waals surface area contributed by atoms with Gasteiger partial charge in [-0.2, -0.15) is 0 Å². The molecule has 2 aliphatic rings. The van der Waals surface area contributed by atoms with Gasteiger partial charge in [0.15, 0.2) is 0 Å². The van der Waals surface area contributed by atoms with E-state index in [1.165, 1.54) is 57.8 Å². The van der Waals surface area contributed by atoms with E-state index in [1.54, 1.807) is 0 Å². The summed E-state index contributed by atoms with van der Waals surface area (Å²) in [6, 6.07) is 0. The van der Waals surface area contributed by atoms with Crippen molar-refractivity contribution in [2.75, 3.05) is 0 Å². The molecule has 1 heteroatoms. The van der Waals surface area contributed by atoms with E-state index in [0.717, 1.165) is 17.8 Å². The van der Waals surface area contributed by atoms with E-state index in [0.29, 0.717) is 16.2 Å². The molecule has 0 aromatic rings. The first-order valence-electron chi connectivity index (χ1n) is 9.32. The zero-order chi connectivity index (χ0) is 15.7. The number of hydrogen-bond acceptors (Lipinski definition) is 0. The van der Waals surface area contributed by atoms with E-state index in [2.05, 4.69) is 34.6 Å². The molecule has 0 bridgehead atoms. The molecule has 2 unspecified atom stereocenters. The van der Waals surface area contributed by atoms with Gasteiger partial charge in [0.05, 0.1) is 0 Å². The lowest BCUT2D eigenvalue weighted by molar-refractivity contribution is 0.0760. The van der Waals surface area contributed by atoms with Crippen LogP contribution < -0.4 is 0 Å². The van der Waals surface area contributed by atoms with Gasteiger partial charge in [-0.05, 0) is 73.5 Å². The highest BCUT2D eigenvalue weighted by Crippen LogP contribution is 2.48. The summed E-state index contributed by atoms with van der Waals surface area (Å²) in [7, 11) is 0. The first-order valence-corrected chi connectivity index (χ1v) is 9.76. The maximum Gasteiger partial charge on any atom is 0.0336 e. The van der Waals surface area contributed by atoms with Crippen molar-refractivity contribution in [3.05, 3.63) is 0 Å². The lowest BCUT2D eigenvalue weighted by Crippen LogP contribution is -2.33. The zero-order valence-corrected chi connectivity index (χ0v) is 15.8. The van der Waals surface area contributed by atoms with Gasteiger partial charge in [-0.15, -0.1) is 11.6 Å². The fraction of sp³-hybridized carbons (Fsp3) is 1.00. The summed E-state index contributed by atoms with van der Waals surface area (Å²) < 4.78 is 0. The number of rotatable bonds is 3. The molecule has 0 amide bonds. The highest BCUT2D eigenvalue weighted by Gasteiger charge is 2.37. The van der Waals surface area contributed by atoms with Gasteiger partial charge in [0, 0.05) is 5.38 Å². The van der Waals surface area contributed by atoms with Crippen LogP contribution in [0.25, 0.3) is 0 Å². The minimum absolute atomic E-state index is 0.456. The molecule has 2 saturated carbocycles. The smallest absolute Gasteiger partial charge is 0.0336 e. The van der Waals surface area contributed by atoms with Crippen molar-refractivity contribution in [3.63, 3.8) is 0 Å². The Morgan fingerprint density at radius 1 is 0.810 bits per heavy atom. The largest absolute Gasteiger partial charge is 0.123 e. The summed E-state index contributed by atoms with van der Waals surface area (Å²) in [6.07, 6.45) is 12.5. The summed E-state index contributed by atoms with van der Waals surface area (Å²) in [4.78, 5) is 0. The molecule has 2 atom stereocenters. The topological polar surface area (TPSA) is 0 Å². The molecular weight excluding hydrogens is 276 g/mol. The van der Waals surface area contributed by atoms with Gasteiger partial charge in [-0.3, -0.25) is 0 Å². The quantitative estimate of drug-likeness (QED) is 0.490. The van der Waals surface area contributed by atoms with Crippen LogP contribution >= 0.6 is 11.6 Å². The lowest BCUT2D eigenvalue weighted by atomic mass is 9.62. The van der Waals surface area contributed by atoms with Crippen molar-refractivity contribution in [2.45, 2.75) is 97.8 Å². The summed E-state index contributed by atoms with van der Waals surface area (Å²) in [6.45, 7) is 12.4. The molecule has 0 nitrogen and oxygen atoms in total. The Balaban J connectivity index is 1.90. The third kappa shape index (κ3) is 4.88. The van der Waals surface area contributed by atoms with Crippen molar-refractivity contribution in [1.82, 2.24) is 0 Å². The van der Waals surface area contributed by atoms with Crippen LogP contribution in [0.1, 0.15) is 92.4 Å². The van der Waals surface area contributed by atoms with Crippen LogP contribution in [0.2, 0.25) is 0 Å². The second-order valence-electron chi connectivity index (χ2n) is 9.74. The molecule has 0 aromatic carbocycles. The Morgan fingerprint density at radius 2 is 1.43 bits per heavy atom. The maximum absolute atomic E-state index is 6.29. The Labute approximate surface area is 138 Å². The van der Waals surface area contributed by atoms with Crippen molar-refractivity contribution < 1.29 is 0 Å².